The van der Waals surface area contributed by atoms with Crippen LogP contribution in [0.5, 0.6) is 11.5 Å². The van der Waals surface area contributed by atoms with Gasteiger partial charge in [-0.1, -0.05) is 35.9 Å². The predicted molar refractivity (Wildman–Crippen MR) is 116 cm³/mol. The highest BCUT2D eigenvalue weighted by Gasteiger charge is 2.24. The number of methoxy groups -OCH3 is 1. The number of carbonyl (C=O) groups is 1. The number of ether oxygens (including phenoxy) is 3. The maximum Gasteiger partial charge on any atom is 0.363 e. The summed E-state index contributed by atoms with van der Waals surface area (Å²) in [5.41, 5.74) is 2.18. The molecule has 0 bridgehead atoms. The standard InChI is InChI=1S/C24H17ClFNO4/c1-29-22-13-15(6-11-21(22)30-14-17-4-2-3-5-19(17)25)12-20-24(28)31-23(27-20)16-7-9-18(26)10-8-16/h2-13H,14H2,1H3/b20-12+. The summed E-state index contributed by atoms with van der Waals surface area (Å²) in [7, 11) is 1.53. The number of rotatable bonds is 6. The van der Waals surface area contributed by atoms with Gasteiger partial charge < -0.3 is 14.2 Å². The number of aliphatic imine (C=N–C) groups is 1. The molecular weight excluding hydrogens is 421 g/mol. The molecule has 0 aliphatic carbocycles. The Morgan fingerprint density at radius 1 is 1.06 bits per heavy atom. The first kappa shape index (κ1) is 20.6. The molecule has 0 radical (unpaired) electrons. The molecule has 4 rings (SSSR count). The maximum absolute atomic E-state index is 13.1. The monoisotopic (exact) mass is 437 g/mol. The van der Waals surface area contributed by atoms with Crippen LogP contribution in [0.3, 0.4) is 0 Å². The van der Waals surface area contributed by atoms with Crippen LogP contribution >= 0.6 is 11.6 Å². The summed E-state index contributed by atoms with van der Waals surface area (Å²) in [5.74, 6) is 0.193. The van der Waals surface area contributed by atoms with E-state index in [0.29, 0.717) is 27.6 Å². The van der Waals surface area contributed by atoms with Crippen molar-refractivity contribution in [3.05, 3.63) is 100.0 Å². The summed E-state index contributed by atoms with van der Waals surface area (Å²) < 4.78 is 29.6. The minimum Gasteiger partial charge on any atom is -0.493 e. The highest BCUT2D eigenvalue weighted by atomic mass is 35.5. The van der Waals surface area contributed by atoms with E-state index in [1.54, 1.807) is 30.3 Å². The number of hydrogen-bond donors (Lipinski definition) is 0. The number of hydrogen-bond acceptors (Lipinski definition) is 5. The molecule has 0 atom stereocenters. The molecule has 7 heteroatoms. The minimum absolute atomic E-state index is 0.128. The number of nitrogens with zero attached hydrogens (tertiary/aromatic N) is 1. The highest BCUT2D eigenvalue weighted by Crippen LogP contribution is 2.31. The molecule has 0 spiro atoms. The van der Waals surface area contributed by atoms with Crippen molar-refractivity contribution in [3.63, 3.8) is 0 Å². The van der Waals surface area contributed by atoms with E-state index < -0.39 is 5.97 Å². The van der Waals surface area contributed by atoms with Gasteiger partial charge in [0.25, 0.3) is 0 Å². The van der Waals surface area contributed by atoms with Crippen LogP contribution < -0.4 is 9.47 Å². The maximum atomic E-state index is 13.1. The first-order chi connectivity index (χ1) is 15.0. The molecule has 3 aromatic carbocycles. The lowest BCUT2D eigenvalue weighted by Crippen LogP contribution is -2.05. The van der Waals surface area contributed by atoms with E-state index in [2.05, 4.69) is 4.99 Å². The van der Waals surface area contributed by atoms with Crippen molar-refractivity contribution in [3.8, 4) is 11.5 Å². The van der Waals surface area contributed by atoms with Gasteiger partial charge in [0.1, 0.15) is 12.4 Å². The molecule has 0 saturated heterocycles. The number of benzene rings is 3. The summed E-state index contributed by atoms with van der Waals surface area (Å²) in [6, 6.07) is 18.2. The van der Waals surface area contributed by atoms with Crippen LogP contribution in [-0.4, -0.2) is 19.0 Å². The number of cyclic esters (lactones) is 1. The van der Waals surface area contributed by atoms with Crippen molar-refractivity contribution < 1.29 is 23.4 Å². The van der Waals surface area contributed by atoms with Crippen molar-refractivity contribution in [1.82, 2.24) is 0 Å². The highest BCUT2D eigenvalue weighted by molar-refractivity contribution is 6.31. The van der Waals surface area contributed by atoms with Gasteiger partial charge in [-0.05, 0) is 54.1 Å². The first-order valence-corrected chi connectivity index (χ1v) is 9.74. The van der Waals surface area contributed by atoms with Crippen molar-refractivity contribution in [2.75, 3.05) is 7.11 Å². The van der Waals surface area contributed by atoms with E-state index in [-0.39, 0.29) is 24.0 Å². The molecular formula is C24H17ClFNO4. The second-order valence-electron chi connectivity index (χ2n) is 6.63. The Morgan fingerprint density at radius 3 is 2.58 bits per heavy atom. The topological polar surface area (TPSA) is 57.1 Å². The number of halogens is 2. The van der Waals surface area contributed by atoms with Gasteiger partial charge in [0.15, 0.2) is 17.2 Å². The first-order valence-electron chi connectivity index (χ1n) is 9.36. The van der Waals surface area contributed by atoms with Crippen LogP contribution in [0.2, 0.25) is 5.02 Å². The average Bonchev–Trinajstić information content (AvgIpc) is 3.14. The van der Waals surface area contributed by atoms with Gasteiger partial charge in [-0.25, -0.2) is 14.2 Å². The average molecular weight is 438 g/mol. The number of esters is 1. The van der Waals surface area contributed by atoms with Crippen LogP contribution in [0, 0.1) is 5.82 Å². The second kappa shape index (κ2) is 9.02. The van der Waals surface area contributed by atoms with E-state index in [4.69, 9.17) is 25.8 Å². The van der Waals surface area contributed by atoms with E-state index >= 15 is 0 Å². The summed E-state index contributed by atoms with van der Waals surface area (Å²) in [4.78, 5) is 16.4. The second-order valence-corrected chi connectivity index (χ2v) is 7.04. The van der Waals surface area contributed by atoms with E-state index in [1.165, 1.54) is 31.4 Å². The van der Waals surface area contributed by atoms with Crippen LogP contribution in [0.15, 0.2) is 77.4 Å². The molecule has 1 aliphatic heterocycles. The van der Waals surface area contributed by atoms with Crippen LogP contribution in [0.1, 0.15) is 16.7 Å². The van der Waals surface area contributed by atoms with Gasteiger partial charge in [0, 0.05) is 16.1 Å². The van der Waals surface area contributed by atoms with Crippen LogP contribution in [-0.2, 0) is 16.1 Å². The molecule has 31 heavy (non-hydrogen) atoms. The third-order valence-corrected chi connectivity index (χ3v) is 4.91. The fraction of sp³-hybridized carbons (Fsp3) is 0.0833. The van der Waals surface area contributed by atoms with Crippen molar-refractivity contribution in [2.45, 2.75) is 6.61 Å². The lowest BCUT2D eigenvalue weighted by molar-refractivity contribution is -0.129. The van der Waals surface area contributed by atoms with Crippen molar-refractivity contribution in [1.29, 1.82) is 0 Å². The predicted octanol–water partition coefficient (Wildman–Crippen LogP) is 5.41. The molecule has 1 aliphatic rings. The minimum atomic E-state index is -0.586. The van der Waals surface area contributed by atoms with Gasteiger partial charge in [0.05, 0.1) is 7.11 Å². The molecule has 3 aromatic rings. The van der Waals surface area contributed by atoms with Crippen molar-refractivity contribution >= 4 is 29.5 Å². The molecule has 156 valence electrons. The lowest BCUT2D eigenvalue weighted by Gasteiger charge is -2.12. The van der Waals surface area contributed by atoms with Gasteiger partial charge in [-0.3, -0.25) is 0 Å². The Balaban J connectivity index is 1.54. The van der Waals surface area contributed by atoms with E-state index in [1.807, 2.05) is 18.2 Å². The fourth-order valence-corrected chi connectivity index (χ4v) is 3.14. The quantitative estimate of drug-likeness (QED) is 0.382. The third-order valence-electron chi connectivity index (χ3n) is 4.54. The van der Waals surface area contributed by atoms with Gasteiger partial charge in [0.2, 0.25) is 5.90 Å². The zero-order chi connectivity index (χ0) is 21.8. The van der Waals surface area contributed by atoms with Gasteiger partial charge >= 0.3 is 5.97 Å². The molecule has 0 fully saturated rings. The molecule has 0 aromatic heterocycles. The molecule has 0 N–H and O–H groups in total. The molecule has 0 amide bonds. The van der Waals surface area contributed by atoms with E-state index in [9.17, 15) is 9.18 Å². The van der Waals surface area contributed by atoms with E-state index in [0.717, 1.165) is 5.56 Å². The van der Waals surface area contributed by atoms with Crippen LogP contribution in [0.25, 0.3) is 6.08 Å². The Labute approximate surface area is 183 Å². The molecule has 0 saturated carbocycles. The smallest absolute Gasteiger partial charge is 0.363 e. The van der Waals surface area contributed by atoms with Crippen molar-refractivity contribution in [2.24, 2.45) is 4.99 Å². The Morgan fingerprint density at radius 2 is 1.84 bits per heavy atom. The molecule has 5 nitrogen and oxygen atoms in total. The molecule has 1 heterocycles. The van der Waals surface area contributed by atoms with Crippen LogP contribution in [0.4, 0.5) is 4.39 Å². The fourth-order valence-electron chi connectivity index (χ4n) is 2.95. The summed E-state index contributed by atoms with van der Waals surface area (Å²) >= 11 is 6.17. The third kappa shape index (κ3) is 4.75. The molecule has 0 unspecified atom stereocenters. The summed E-state index contributed by atoms with van der Waals surface area (Å²) in [6.45, 7) is 0.286. The summed E-state index contributed by atoms with van der Waals surface area (Å²) in [5, 5.41) is 0.623. The Bertz CT molecular complexity index is 1190. The normalized spacial score (nSPS) is 14.4. The summed E-state index contributed by atoms with van der Waals surface area (Å²) in [6.07, 6.45) is 1.58. The number of carbonyl (C=O) groups excluding carboxylic acids is 1. The van der Waals surface area contributed by atoms with Gasteiger partial charge in [-0.2, -0.15) is 0 Å². The SMILES string of the molecule is COc1cc(/C=C2/N=C(c3ccc(F)cc3)OC2=O)ccc1OCc1ccccc1Cl. The largest absolute Gasteiger partial charge is 0.493 e. The lowest BCUT2D eigenvalue weighted by atomic mass is 10.1. The zero-order valence-corrected chi connectivity index (χ0v) is 17.2. The van der Waals surface area contributed by atoms with Gasteiger partial charge in [-0.15, -0.1) is 0 Å². The Hall–Kier alpha value is -3.64. The Kier molecular flexibility index (Phi) is 6.00. The zero-order valence-electron chi connectivity index (χ0n) is 16.5.